The van der Waals surface area contributed by atoms with Crippen molar-refractivity contribution in [2.75, 3.05) is 11.9 Å². The molecular weight excluding hydrogens is 260 g/mol. The first-order valence-corrected chi connectivity index (χ1v) is 7.33. The summed E-state index contributed by atoms with van der Waals surface area (Å²) in [6.07, 6.45) is 5.14. The zero-order valence-corrected chi connectivity index (χ0v) is 12.1. The van der Waals surface area contributed by atoms with Gasteiger partial charge >= 0.3 is 0 Å². The molecule has 2 N–H and O–H groups in total. The van der Waals surface area contributed by atoms with E-state index in [1.807, 2.05) is 19.1 Å². The highest BCUT2D eigenvalue weighted by molar-refractivity contribution is 6.33. The first-order chi connectivity index (χ1) is 9.16. The number of amides is 1. The molecule has 1 atom stereocenters. The van der Waals surface area contributed by atoms with Crippen LogP contribution < -0.4 is 10.6 Å². The molecule has 4 heteroatoms. The van der Waals surface area contributed by atoms with Crippen molar-refractivity contribution in [3.8, 4) is 0 Å². The lowest BCUT2D eigenvalue weighted by molar-refractivity contribution is -0.116. The summed E-state index contributed by atoms with van der Waals surface area (Å²) in [7, 11) is 0. The topological polar surface area (TPSA) is 41.1 Å². The summed E-state index contributed by atoms with van der Waals surface area (Å²) in [5.74, 6) is 0.0450. The lowest BCUT2D eigenvalue weighted by atomic mass is 10.0. The number of aryl methyl sites for hydroxylation is 1. The first kappa shape index (κ1) is 14.4. The minimum absolute atomic E-state index is 0.0450. The Kier molecular flexibility index (Phi) is 5.23. The predicted octanol–water partition coefficient (Wildman–Crippen LogP) is 3.51. The number of anilines is 1. The number of carbonyl (C=O) groups is 1. The van der Waals surface area contributed by atoms with E-state index in [2.05, 4.69) is 10.6 Å². The van der Waals surface area contributed by atoms with E-state index in [1.54, 1.807) is 6.07 Å². The van der Waals surface area contributed by atoms with Crippen molar-refractivity contribution in [2.24, 2.45) is 0 Å². The summed E-state index contributed by atoms with van der Waals surface area (Å²) in [5, 5.41) is 6.98. The van der Waals surface area contributed by atoms with Gasteiger partial charge in [0, 0.05) is 12.5 Å². The summed E-state index contributed by atoms with van der Waals surface area (Å²) >= 11 is 6.10. The van der Waals surface area contributed by atoms with Crippen molar-refractivity contribution >= 4 is 23.2 Å². The molecule has 1 fully saturated rings. The predicted molar refractivity (Wildman–Crippen MR) is 79.7 cm³/mol. The number of nitrogens with one attached hydrogen (secondary N) is 2. The Labute approximate surface area is 119 Å². The Morgan fingerprint density at radius 3 is 3.00 bits per heavy atom. The van der Waals surface area contributed by atoms with Gasteiger partial charge in [-0.25, -0.2) is 0 Å². The molecule has 1 aliphatic rings. The van der Waals surface area contributed by atoms with E-state index in [1.165, 1.54) is 19.3 Å². The van der Waals surface area contributed by atoms with E-state index < -0.39 is 0 Å². The van der Waals surface area contributed by atoms with Crippen molar-refractivity contribution in [2.45, 2.75) is 45.1 Å². The molecule has 0 saturated carbocycles. The third-order valence-electron chi connectivity index (χ3n) is 3.62. The van der Waals surface area contributed by atoms with Gasteiger partial charge in [-0.3, -0.25) is 4.79 Å². The van der Waals surface area contributed by atoms with Crippen LogP contribution in [0.25, 0.3) is 0 Å². The van der Waals surface area contributed by atoms with Gasteiger partial charge in [0.25, 0.3) is 0 Å². The zero-order valence-electron chi connectivity index (χ0n) is 11.3. The maximum Gasteiger partial charge on any atom is 0.224 e. The van der Waals surface area contributed by atoms with Crippen molar-refractivity contribution in [3.05, 3.63) is 28.8 Å². The van der Waals surface area contributed by atoms with Crippen LogP contribution in [-0.4, -0.2) is 18.5 Å². The van der Waals surface area contributed by atoms with Crippen LogP contribution in [0.5, 0.6) is 0 Å². The highest BCUT2D eigenvalue weighted by Gasteiger charge is 2.15. The monoisotopic (exact) mass is 280 g/mol. The number of benzene rings is 1. The summed E-state index contributed by atoms with van der Waals surface area (Å²) < 4.78 is 0. The molecule has 1 amide bonds. The van der Waals surface area contributed by atoms with Gasteiger partial charge in [0.15, 0.2) is 0 Å². The van der Waals surface area contributed by atoms with E-state index in [-0.39, 0.29) is 5.91 Å². The van der Waals surface area contributed by atoms with Crippen LogP contribution in [0.15, 0.2) is 18.2 Å². The quantitative estimate of drug-likeness (QED) is 0.886. The van der Waals surface area contributed by atoms with Gasteiger partial charge in [-0.1, -0.05) is 30.2 Å². The van der Waals surface area contributed by atoms with Gasteiger partial charge in [-0.05, 0) is 44.4 Å². The summed E-state index contributed by atoms with van der Waals surface area (Å²) in [5.41, 5.74) is 1.74. The average molecular weight is 281 g/mol. The molecule has 0 bridgehead atoms. The molecule has 1 heterocycles. The second kappa shape index (κ2) is 6.92. The lowest BCUT2D eigenvalue weighted by Gasteiger charge is -2.23. The van der Waals surface area contributed by atoms with Crippen LogP contribution in [0.1, 0.15) is 37.7 Å². The van der Waals surface area contributed by atoms with Crippen LogP contribution in [0.2, 0.25) is 5.02 Å². The third-order valence-corrected chi connectivity index (χ3v) is 3.93. The molecule has 104 valence electrons. The van der Waals surface area contributed by atoms with Crippen molar-refractivity contribution < 1.29 is 4.79 Å². The SMILES string of the molecule is Cc1cccc(Cl)c1NC(=O)CCC1CCCCN1. The molecule has 0 radical (unpaired) electrons. The number of piperidine rings is 1. The van der Waals surface area contributed by atoms with Gasteiger partial charge in [0.05, 0.1) is 10.7 Å². The average Bonchev–Trinajstić information content (AvgIpc) is 2.42. The van der Waals surface area contributed by atoms with Crippen molar-refractivity contribution in [3.63, 3.8) is 0 Å². The minimum atomic E-state index is 0.0450. The first-order valence-electron chi connectivity index (χ1n) is 6.95. The van der Waals surface area contributed by atoms with Gasteiger partial charge in [-0.2, -0.15) is 0 Å². The number of halogens is 1. The van der Waals surface area contributed by atoms with Gasteiger partial charge < -0.3 is 10.6 Å². The van der Waals surface area contributed by atoms with Gasteiger partial charge in [-0.15, -0.1) is 0 Å². The lowest BCUT2D eigenvalue weighted by Crippen LogP contribution is -2.34. The molecule has 0 spiro atoms. The number of carbonyl (C=O) groups excluding carboxylic acids is 1. The second-order valence-corrected chi connectivity index (χ2v) is 5.57. The summed E-state index contributed by atoms with van der Waals surface area (Å²) in [4.78, 5) is 12.0. The molecule has 1 aromatic rings. The molecule has 0 aromatic heterocycles. The van der Waals surface area contributed by atoms with Crippen LogP contribution in [-0.2, 0) is 4.79 Å². The van der Waals surface area contributed by atoms with E-state index >= 15 is 0 Å². The fourth-order valence-corrected chi connectivity index (χ4v) is 2.74. The summed E-state index contributed by atoms with van der Waals surface area (Å²) in [6, 6.07) is 6.13. The van der Waals surface area contributed by atoms with E-state index in [4.69, 9.17) is 11.6 Å². The Morgan fingerprint density at radius 2 is 2.32 bits per heavy atom. The Hall–Kier alpha value is -1.06. The molecule has 19 heavy (non-hydrogen) atoms. The molecule has 1 saturated heterocycles. The van der Waals surface area contributed by atoms with Crippen molar-refractivity contribution in [1.82, 2.24) is 5.32 Å². The Bertz CT molecular complexity index is 422. The maximum absolute atomic E-state index is 12.0. The standard InChI is InChI=1S/C15H21ClN2O/c1-11-5-4-7-13(16)15(11)18-14(19)9-8-12-6-2-3-10-17-12/h4-5,7,12,17H,2-3,6,8-10H2,1H3,(H,18,19). The van der Waals surface area contributed by atoms with Crippen LogP contribution >= 0.6 is 11.6 Å². The van der Waals surface area contributed by atoms with Gasteiger partial charge in [0.2, 0.25) is 5.91 Å². The Balaban J connectivity index is 1.83. The molecule has 1 aliphatic heterocycles. The fraction of sp³-hybridized carbons (Fsp3) is 0.533. The number of hydrogen-bond donors (Lipinski definition) is 2. The summed E-state index contributed by atoms with van der Waals surface area (Å²) in [6.45, 7) is 3.03. The largest absolute Gasteiger partial charge is 0.325 e. The van der Waals surface area contributed by atoms with Crippen LogP contribution in [0, 0.1) is 6.92 Å². The van der Waals surface area contributed by atoms with E-state index in [9.17, 15) is 4.79 Å². The number of hydrogen-bond acceptors (Lipinski definition) is 2. The van der Waals surface area contributed by atoms with E-state index in [0.29, 0.717) is 17.5 Å². The highest BCUT2D eigenvalue weighted by Crippen LogP contribution is 2.25. The minimum Gasteiger partial charge on any atom is -0.325 e. The molecule has 0 aliphatic carbocycles. The molecule has 1 unspecified atom stereocenters. The van der Waals surface area contributed by atoms with Gasteiger partial charge in [0.1, 0.15) is 0 Å². The third kappa shape index (κ3) is 4.22. The van der Waals surface area contributed by atoms with Crippen LogP contribution in [0.4, 0.5) is 5.69 Å². The second-order valence-electron chi connectivity index (χ2n) is 5.17. The molecule has 2 rings (SSSR count). The smallest absolute Gasteiger partial charge is 0.224 e. The Morgan fingerprint density at radius 1 is 1.47 bits per heavy atom. The van der Waals surface area contributed by atoms with Crippen molar-refractivity contribution in [1.29, 1.82) is 0 Å². The molecule has 1 aromatic carbocycles. The normalized spacial score (nSPS) is 19.2. The molecule has 3 nitrogen and oxygen atoms in total. The van der Waals surface area contributed by atoms with Crippen LogP contribution in [0.3, 0.4) is 0 Å². The highest BCUT2D eigenvalue weighted by atomic mass is 35.5. The fourth-order valence-electron chi connectivity index (χ4n) is 2.47. The molecular formula is C15H21ClN2O. The maximum atomic E-state index is 12.0. The number of rotatable bonds is 4. The number of para-hydroxylation sites is 1. The zero-order chi connectivity index (χ0) is 13.7. The van der Waals surface area contributed by atoms with E-state index in [0.717, 1.165) is 24.2 Å².